The van der Waals surface area contributed by atoms with Gasteiger partial charge in [0.05, 0.1) is 47.3 Å². The average molecular weight is 794 g/mol. The lowest BCUT2D eigenvalue weighted by Crippen LogP contribution is -2.50. The molecule has 0 spiro atoms. The lowest BCUT2D eigenvalue weighted by Gasteiger charge is -2.36. The summed E-state index contributed by atoms with van der Waals surface area (Å²) in [5, 5.41) is 23.3. The fourth-order valence-corrected chi connectivity index (χ4v) is 7.17. The third-order valence-electron chi connectivity index (χ3n) is 10.2. The Labute approximate surface area is 332 Å². The topological polar surface area (TPSA) is 202 Å². The predicted molar refractivity (Wildman–Crippen MR) is 208 cm³/mol. The molecule has 2 aromatic heterocycles. The van der Waals surface area contributed by atoms with Crippen molar-refractivity contribution in [2.24, 2.45) is 5.41 Å². The molecular formula is C42H55N3O12. The number of amides is 1. The van der Waals surface area contributed by atoms with Crippen molar-refractivity contribution < 1.29 is 53.1 Å². The van der Waals surface area contributed by atoms with Gasteiger partial charge in [-0.2, -0.15) is 0 Å². The van der Waals surface area contributed by atoms with Crippen LogP contribution in [0, 0.1) is 5.41 Å². The molecule has 3 N–H and O–H groups in total. The zero-order valence-electron chi connectivity index (χ0n) is 34.3. The minimum atomic E-state index is -1.97. The third kappa shape index (κ3) is 9.31. The van der Waals surface area contributed by atoms with E-state index in [1.807, 2.05) is 48.5 Å². The van der Waals surface area contributed by atoms with Gasteiger partial charge in [0.15, 0.2) is 6.29 Å². The number of esters is 3. The van der Waals surface area contributed by atoms with Gasteiger partial charge in [-0.3, -0.25) is 14.4 Å². The van der Waals surface area contributed by atoms with E-state index in [0.29, 0.717) is 23.3 Å². The van der Waals surface area contributed by atoms with Crippen molar-refractivity contribution in [2.75, 3.05) is 13.2 Å². The molecule has 4 unspecified atom stereocenters. The highest BCUT2D eigenvalue weighted by Gasteiger charge is 2.51. The number of aliphatic hydroxyl groups excluding tert-OH is 1. The van der Waals surface area contributed by atoms with E-state index in [4.69, 9.17) is 28.7 Å². The van der Waals surface area contributed by atoms with Crippen LogP contribution >= 0.6 is 0 Å². The van der Waals surface area contributed by atoms with Gasteiger partial charge in [0.25, 0.3) is 5.56 Å². The summed E-state index contributed by atoms with van der Waals surface area (Å²) in [5.41, 5.74) is 0.406. The van der Waals surface area contributed by atoms with Gasteiger partial charge in [-0.1, -0.05) is 34.6 Å². The molecule has 5 rings (SSSR count). The highest BCUT2D eigenvalue weighted by atomic mass is 16.7. The number of carbonyl (C=O) groups excluding carboxylic acids is 4. The number of phenolic OH excluding ortho intramolecular Hbond substituents is 1. The van der Waals surface area contributed by atoms with Crippen molar-refractivity contribution in [1.29, 1.82) is 0 Å². The zero-order chi connectivity index (χ0) is 42.0. The second-order valence-corrected chi connectivity index (χ2v) is 16.6. The molecule has 0 radical (unpaired) electrons. The second kappa shape index (κ2) is 16.9. The van der Waals surface area contributed by atoms with Crippen LogP contribution in [0.25, 0.3) is 22.3 Å². The monoisotopic (exact) mass is 793 g/mol. The van der Waals surface area contributed by atoms with Gasteiger partial charge in [-0.15, -0.1) is 0 Å². The SMILES string of the molecule is CCc1c2c(nc3ccc(O)cc13)-c1cc3c(c(=O)n1C2)COC(=O)C3(CC)OC(=O)C(C)NC(=O)CCCC(=O)OCC(OC(CO)C(C)(C)C)OC(C)(C)C. The summed E-state index contributed by atoms with van der Waals surface area (Å²) in [6, 6.07) is 5.37. The first kappa shape index (κ1) is 43.3. The summed E-state index contributed by atoms with van der Waals surface area (Å²) in [4.78, 5) is 71.4. The van der Waals surface area contributed by atoms with Crippen LogP contribution in [-0.4, -0.2) is 80.8 Å². The maximum absolute atomic E-state index is 14.0. The lowest BCUT2D eigenvalue weighted by atomic mass is 9.85. The van der Waals surface area contributed by atoms with Crippen molar-refractivity contribution in [3.63, 3.8) is 0 Å². The van der Waals surface area contributed by atoms with Crippen molar-refractivity contribution in [3.8, 4) is 17.1 Å². The van der Waals surface area contributed by atoms with Crippen LogP contribution in [0.1, 0.15) is 110 Å². The van der Waals surface area contributed by atoms with Crippen LogP contribution in [-0.2, 0) is 68.0 Å². The molecule has 0 bridgehead atoms. The average Bonchev–Trinajstić information content (AvgIpc) is 3.50. The Morgan fingerprint density at radius 2 is 1.77 bits per heavy atom. The van der Waals surface area contributed by atoms with E-state index in [-0.39, 0.29) is 68.9 Å². The number of phenols is 1. The molecule has 2 aliphatic rings. The molecule has 4 heterocycles. The first-order chi connectivity index (χ1) is 26.7. The number of aryl methyl sites for hydroxylation is 1. The number of nitrogens with one attached hydrogen (secondary N) is 1. The van der Waals surface area contributed by atoms with Crippen LogP contribution in [0.4, 0.5) is 0 Å². The summed E-state index contributed by atoms with van der Waals surface area (Å²) in [5.74, 6) is -2.79. The van der Waals surface area contributed by atoms with E-state index in [2.05, 4.69) is 5.32 Å². The lowest BCUT2D eigenvalue weighted by molar-refractivity contribution is -0.251. The molecule has 57 heavy (non-hydrogen) atoms. The highest BCUT2D eigenvalue weighted by molar-refractivity contribution is 5.91. The quantitative estimate of drug-likeness (QED) is 0.0852. The van der Waals surface area contributed by atoms with E-state index in [9.17, 15) is 34.2 Å². The van der Waals surface area contributed by atoms with E-state index in [1.54, 1.807) is 35.8 Å². The molecule has 2 aliphatic heterocycles. The van der Waals surface area contributed by atoms with Gasteiger partial charge >= 0.3 is 17.9 Å². The first-order valence-corrected chi connectivity index (χ1v) is 19.4. The smallest absolute Gasteiger partial charge is 0.355 e. The number of cyclic esters (lactones) is 1. The number of carbonyl (C=O) groups is 4. The van der Waals surface area contributed by atoms with Gasteiger partial charge in [0.1, 0.15) is 25.0 Å². The van der Waals surface area contributed by atoms with Crippen LogP contribution in [0.3, 0.4) is 0 Å². The Morgan fingerprint density at radius 3 is 2.40 bits per heavy atom. The zero-order valence-corrected chi connectivity index (χ0v) is 34.3. The van der Waals surface area contributed by atoms with E-state index in [0.717, 1.165) is 16.5 Å². The van der Waals surface area contributed by atoms with Crippen LogP contribution < -0.4 is 10.9 Å². The summed E-state index contributed by atoms with van der Waals surface area (Å²) in [6.45, 7) is 15.7. The van der Waals surface area contributed by atoms with Crippen LogP contribution in [0.2, 0.25) is 0 Å². The van der Waals surface area contributed by atoms with E-state index < -0.39 is 64.4 Å². The molecule has 310 valence electrons. The fraction of sp³-hybridized carbons (Fsp3) is 0.571. The Balaban J connectivity index is 1.24. The largest absolute Gasteiger partial charge is 0.508 e. The number of pyridine rings is 2. The van der Waals surface area contributed by atoms with Crippen molar-refractivity contribution in [3.05, 3.63) is 56.9 Å². The fourth-order valence-electron chi connectivity index (χ4n) is 7.17. The Morgan fingerprint density at radius 1 is 1.05 bits per heavy atom. The number of aliphatic hydroxyl groups is 1. The Bertz CT molecular complexity index is 2100. The first-order valence-electron chi connectivity index (χ1n) is 19.4. The van der Waals surface area contributed by atoms with Gasteiger partial charge in [-0.25, -0.2) is 14.6 Å². The number of fused-ring (bicyclic) bond motifs is 5. The minimum absolute atomic E-state index is 0.0582. The predicted octanol–water partition coefficient (Wildman–Crippen LogP) is 4.68. The molecule has 0 saturated heterocycles. The number of hydrogen-bond donors (Lipinski definition) is 3. The molecule has 1 amide bonds. The molecule has 15 heteroatoms. The minimum Gasteiger partial charge on any atom is -0.508 e. The van der Waals surface area contributed by atoms with Gasteiger partial charge in [-0.05, 0) is 82.2 Å². The Kier molecular flexibility index (Phi) is 12.9. The number of aromatic hydroxyl groups is 1. The number of nitrogens with zero attached hydrogens (tertiary/aromatic N) is 2. The van der Waals surface area contributed by atoms with Crippen molar-refractivity contribution in [2.45, 2.75) is 137 Å². The summed E-state index contributed by atoms with van der Waals surface area (Å²) < 4.78 is 30.2. The van der Waals surface area contributed by atoms with E-state index in [1.165, 1.54) is 6.92 Å². The molecule has 4 atom stereocenters. The standard InChI is InChI=1S/C42H55N3O12/c1-10-25-26-17-24(47)15-16-30(26)44-36-27(25)19-45-31(36)18-29-28(37(45)50)21-54-39(52)42(29,11-2)57-38(51)23(3)43-33(48)13-12-14-34(49)53-22-35(56-41(7,8)9)55-32(20-46)40(4,5)6/h15-18,23,32,35,46-47H,10-14,19-22H2,1-9H3,(H,43,48). The maximum atomic E-state index is 14.0. The van der Waals surface area contributed by atoms with Crippen molar-refractivity contribution in [1.82, 2.24) is 14.9 Å². The Hall–Kier alpha value is -4.86. The van der Waals surface area contributed by atoms with Crippen LogP contribution in [0.15, 0.2) is 29.1 Å². The molecule has 15 nitrogen and oxygen atoms in total. The van der Waals surface area contributed by atoms with Crippen LogP contribution in [0.5, 0.6) is 5.75 Å². The number of ether oxygens (including phenoxy) is 5. The van der Waals surface area contributed by atoms with Gasteiger partial charge in [0, 0.05) is 29.4 Å². The normalized spacial score (nSPS) is 17.8. The number of aromatic nitrogens is 2. The number of hydrogen-bond acceptors (Lipinski definition) is 13. The molecule has 0 saturated carbocycles. The highest BCUT2D eigenvalue weighted by Crippen LogP contribution is 2.42. The molecule has 3 aromatic rings. The van der Waals surface area contributed by atoms with E-state index >= 15 is 0 Å². The van der Waals surface area contributed by atoms with Gasteiger partial charge in [0.2, 0.25) is 11.5 Å². The van der Waals surface area contributed by atoms with Gasteiger partial charge < -0.3 is 43.8 Å². The second-order valence-electron chi connectivity index (χ2n) is 16.6. The maximum Gasteiger partial charge on any atom is 0.355 e. The molecular weight excluding hydrogens is 738 g/mol. The molecule has 1 aromatic carbocycles. The summed E-state index contributed by atoms with van der Waals surface area (Å²) in [6.07, 6.45) is -1.05. The van der Waals surface area contributed by atoms with Crippen molar-refractivity contribution >= 4 is 34.7 Å². The summed E-state index contributed by atoms with van der Waals surface area (Å²) in [7, 11) is 0. The third-order valence-corrected chi connectivity index (χ3v) is 10.2. The summed E-state index contributed by atoms with van der Waals surface area (Å²) >= 11 is 0. The molecule has 0 fully saturated rings. The number of benzene rings is 1. The molecule has 0 aliphatic carbocycles. The number of rotatable bonds is 15.